The number of anilines is 1. The Kier molecular flexibility index (Phi) is 5.95. The van der Waals surface area contributed by atoms with E-state index in [0.717, 1.165) is 0 Å². The summed E-state index contributed by atoms with van der Waals surface area (Å²) < 4.78 is 0. The Morgan fingerprint density at radius 1 is 1.35 bits per heavy atom. The molecule has 0 aliphatic rings. The second-order valence-corrected chi connectivity index (χ2v) is 5.61. The van der Waals surface area contributed by atoms with Gasteiger partial charge in [-0.05, 0) is 18.1 Å². The Labute approximate surface area is 123 Å². The van der Waals surface area contributed by atoms with Crippen molar-refractivity contribution in [1.29, 1.82) is 0 Å². The zero-order valence-corrected chi connectivity index (χ0v) is 12.6. The van der Waals surface area contributed by atoms with Gasteiger partial charge >= 0.3 is 5.97 Å². The lowest BCUT2D eigenvalue weighted by molar-refractivity contribution is -0.140. The minimum absolute atomic E-state index is 0.0928. The Morgan fingerprint density at radius 3 is 2.45 bits per heavy atom. The molecule has 0 spiro atoms. The molecular weight excluding hydrogens is 280 g/mol. The maximum atomic E-state index is 12.3. The van der Waals surface area contributed by atoms with Crippen LogP contribution >= 0.6 is 11.6 Å². The first kappa shape index (κ1) is 16.4. The summed E-state index contributed by atoms with van der Waals surface area (Å²) in [5.74, 6) is -1.13. The highest BCUT2D eigenvalue weighted by molar-refractivity contribution is 6.30. The molecule has 1 aromatic heterocycles. The Morgan fingerprint density at radius 2 is 2.00 bits per heavy atom. The quantitative estimate of drug-likeness (QED) is 0.876. The normalized spacial score (nSPS) is 12.2. The molecule has 0 radical (unpaired) electrons. The zero-order chi connectivity index (χ0) is 15.3. The molecule has 1 heterocycles. The van der Waals surface area contributed by atoms with Gasteiger partial charge in [0.2, 0.25) is 5.91 Å². The summed E-state index contributed by atoms with van der Waals surface area (Å²) >= 11 is 5.78. The predicted molar refractivity (Wildman–Crippen MR) is 77.9 cm³/mol. The second-order valence-electron chi connectivity index (χ2n) is 5.18. The van der Waals surface area contributed by atoms with Gasteiger partial charge in [0, 0.05) is 19.2 Å². The van der Waals surface area contributed by atoms with Crippen LogP contribution in [0.5, 0.6) is 0 Å². The highest BCUT2D eigenvalue weighted by Crippen LogP contribution is 2.18. The van der Waals surface area contributed by atoms with E-state index >= 15 is 0 Å². The summed E-state index contributed by atoms with van der Waals surface area (Å²) in [6.07, 6.45) is 1.79. The van der Waals surface area contributed by atoms with Crippen LogP contribution in [0.25, 0.3) is 0 Å². The maximum Gasteiger partial charge on any atom is 0.308 e. The van der Waals surface area contributed by atoms with Crippen LogP contribution in [0.4, 0.5) is 5.82 Å². The molecule has 110 valence electrons. The van der Waals surface area contributed by atoms with Crippen LogP contribution in [0.1, 0.15) is 27.2 Å². The summed E-state index contributed by atoms with van der Waals surface area (Å²) in [5.41, 5.74) is 0. The lowest BCUT2D eigenvalue weighted by Gasteiger charge is -2.24. The fourth-order valence-electron chi connectivity index (χ4n) is 1.66. The molecule has 0 bridgehead atoms. The molecule has 20 heavy (non-hydrogen) atoms. The SMILES string of the molecule is CC(C)CC(=O)N(CC(C)C(=O)O)c1ccc(Cl)cn1. The number of carbonyl (C=O) groups excluding carboxylic acids is 1. The third-order valence-corrected chi connectivity index (χ3v) is 2.97. The lowest BCUT2D eigenvalue weighted by Crippen LogP contribution is -2.38. The van der Waals surface area contributed by atoms with Crippen molar-refractivity contribution in [2.45, 2.75) is 27.2 Å². The summed E-state index contributed by atoms with van der Waals surface area (Å²) in [7, 11) is 0. The van der Waals surface area contributed by atoms with Gasteiger partial charge in [0.15, 0.2) is 0 Å². The topological polar surface area (TPSA) is 70.5 Å². The number of carboxylic acids is 1. The number of hydrogen-bond acceptors (Lipinski definition) is 3. The minimum Gasteiger partial charge on any atom is -0.481 e. The highest BCUT2D eigenvalue weighted by Gasteiger charge is 2.23. The number of halogens is 1. The van der Waals surface area contributed by atoms with Gasteiger partial charge in [-0.2, -0.15) is 0 Å². The predicted octanol–water partition coefficient (Wildman–Crippen LogP) is 2.83. The first-order valence-corrected chi connectivity index (χ1v) is 6.83. The van der Waals surface area contributed by atoms with E-state index in [9.17, 15) is 9.59 Å². The number of nitrogens with zero attached hydrogens (tertiary/aromatic N) is 2. The summed E-state index contributed by atoms with van der Waals surface area (Å²) in [4.78, 5) is 28.8. The molecular formula is C14H19ClN2O3. The number of carbonyl (C=O) groups is 2. The molecule has 1 aromatic rings. The number of aromatic nitrogens is 1. The van der Waals surface area contributed by atoms with Gasteiger partial charge in [-0.15, -0.1) is 0 Å². The van der Waals surface area contributed by atoms with E-state index in [0.29, 0.717) is 17.3 Å². The molecule has 0 saturated carbocycles. The standard InChI is InChI=1S/C14H19ClN2O3/c1-9(2)6-13(18)17(8-10(3)14(19)20)12-5-4-11(15)7-16-12/h4-5,7,9-10H,6,8H2,1-3H3,(H,19,20). The summed E-state index contributed by atoms with van der Waals surface area (Å²) in [6, 6.07) is 3.25. The highest BCUT2D eigenvalue weighted by atomic mass is 35.5. The van der Waals surface area contributed by atoms with Crippen molar-refractivity contribution in [3.05, 3.63) is 23.4 Å². The van der Waals surface area contributed by atoms with E-state index in [1.165, 1.54) is 11.1 Å². The van der Waals surface area contributed by atoms with E-state index in [1.807, 2.05) is 13.8 Å². The monoisotopic (exact) mass is 298 g/mol. The Hall–Kier alpha value is -1.62. The van der Waals surface area contributed by atoms with Crippen molar-refractivity contribution < 1.29 is 14.7 Å². The van der Waals surface area contributed by atoms with Gasteiger partial charge in [0.1, 0.15) is 5.82 Å². The molecule has 1 unspecified atom stereocenters. The van der Waals surface area contributed by atoms with Crippen molar-refractivity contribution in [3.8, 4) is 0 Å². The van der Waals surface area contributed by atoms with Gasteiger partial charge in [-0.3, -0.25) is 14.5 Å². The maximum absolute atomic E-state index is 12.3. The average molecular weight is 299 g/mol. The summed E-state index contributed by atoms with van der Waals surface area (Å²) in [6.45, 7) is 5.53. The number of rotatable bonds is 6. The molecule has 1 N–H and O–H groups in total. The summed E-state index contributed by atoms with van der Waals surface area (Å²) in [5, 5.41) is 9.47. The third-order valence-electron chi connectivity index (χ3n) is 2.75. The molecule has 1 atom stereocenters. The number of aliphatic carboxylic acids is 1. The van der Waals surface area contributed by atoms with Crippen molar-refractivity contribution in [2.75, 3.05) is 11.4 Å². The lowest BCUT2D eigenvalue weighted by atomic mass is 10.1. The molecule has 5 nitrogen and oxygen atoms in total. The van der Waals surface area contributed by atoms with Gasteiger partial charge in [-0.1, -0.05) is 32.4 Å². The first-order chi connectivity index (χ1) is 9.31. The van der Waals surface area contributed by atoms with Gasteiger partial charge in [0.05, 0.1) is 10.9 Å². The van der Waals surface area contributed by atoms with Crippen LogP contribution in [0.15, 0.2) is 18.3 Å². The van der Waals surface area contributed by atoms with Gasteiger partial charge in [-0.25, -0.2) is 4.98 Å². The van der Waals surface area contributed by atoms with E-state index in [4.69, 9.17) is 16.7 Å². The number of amides is 1. The van der Waals surface area contributed by atoms with Crippen molar-refractivity contribution in [1.82, 2.24) is 4.98 Å². The Bertz CT molecular complexity index is 474. The van der Waals surface area contributed by atoms with Crippen LogP contribution in [-0.4, -0.2) is 28.5 Å². The first-order valence-electron chi connectivity index (χ1n) is 6.46. The van der Waals surface area contributed by atoms with E-state index in [1.54, 1.807) is 19.1 Å². The number of carboxylic acid groups (broad SMARTS) is 1. The third kappa shape index (κ3) is 4.81. The molecule has 0 aromatic carbocycles. The molecule has 1 amide bonds. The molecule has 1 rings (SSSR count). The fourth-order valence-corrected chi connectivity index (χ4v) is 1.77. The van der Waals surface area contributed by atoms with Crippen LogP contribution in [-0.2, 0) is 9.59 Å². The van der Waals surface area contributed by atoms with Crippen LogP contribution in [0, 0.1) is 11.8 Å². The number of pyridine rings is 1. The number of hydrogen-bond donors (Lipinski definition) is 1. The molecule has 0 aliphatic carbocycles. The second kappa shape index (κ2) is 7.24. The van der Waals surface area contributed by atoms with Gasteiger partial charge < -0.3 is 5.11 Å². The van der Waals surface area contributed by atoms with Crippen molar-refractivity contribution >= 4 is 29.3 Å². The largest absolute Gasteiger partial charge is 0.481 e. The van der Waals surface area contributed by atoms with E-state index < -0.39 is 11.9 Å². The van der Waals surface area contributed by atoms with Gasteiger partial charge in [0.25, 0.3) is 0 Å². The van der Waals surface area contributed by atoms with E-state index in [-0.39, 0.29) is 18.4 Å². The van der Waals surface area contributed by atoms with Crippen LogP contribution < -0.4 is 4.90 Å². The zero-order valence-electron chi connectivity index (χ0n) is 11.8. The average Bonchev–Trinajstić information content (AvgIpc) is 2.35. The molecule has 0 fully saturated rings. The Balaban J connectivity index is 2.97. The van der Waals surface area contributed by atoms with Crippen LogP contribution in [0.2, 0.25) is 5.02 Å². The minimum atomic E-state index is -0.943. The van der Waals surface area contributed by atoms with Crippen molar-refractivity contribution in [2.24, 2.45) is 11.8 Å². The molecule has 6 heteroatoms. The molecule has 0 saturated heterocycles. The van der Waals surface area contributed by atoms with Crippen LogP contribution in [0.3, 0.4) is 0 Å². The molecule has 0 aliphatic heterocycles. The smallest absolute Gasteiger partial charge is 0.308 e. The van der Waals surface area contributed by atoms with Crippen molar-refractivity contribution in [3.63, 3.8) is 0 Å². The van der Waals surface area contributed by atoms with E-state index in [2.05, 4.69) is 4.98 Å². The fraction of sp³-hybridized carbons (Fsp3) is 0.500.